The summed E-state index contributed by atoms with van der Waals surface area (Å²) in [6, 6.07) is 1.28. The molecule has 0 aromatic carbocycles. The quantitative estimate of drug-likeness (QED) is 0.744. The molecule has 3 unspecified atom stereocenters. The Morgan fingerprint density at radius 1 is 1.44 bits per heavy atom. The van der Waals surface area contributed by atoms with E-state index >= 15 is 0 Å². The van der Waals surface area contributed by atoms with E-state index in [0.717, 1.165) is 25.7 Å². The van der Waals surface area contributed by atoms with Crippen LogP contribution < -0.4 is 0 Å². The van der Waals surface area contributed by atoms with Gasteiger partial charge in [0, 0.05) is 38.8 Å². The molecule has 2 aliphatic rings. The van der Waals surface area contributed by atoms with Crippen molar-refractivity contribution in [3.05, 3.63) is 0 Å². The van der Waals surface area contributed by atoms with E-state index in [0.29, 0.717) is 12.6 Å². The van der Waals surface area contributed by atoms with Gasteiger partial charge in [0.2, 0.25) is 0 Å². The Bertz CT molecular complexity index is 225. The Morgan fingerprint density at radius 3 is 3.00 bits per heavy atom. The lowest BCUT2D eigenvalue weighted by atomic mass is 10.1. The summed E-state index contributed by atoms with van der Waals surface area (Å²) in [5.41, 5.74) is 0. The van der Waals surface area contributed by atoms with Crippen LogP contribution in [0, 0.1) is 0 Å². The van der Waals surface area contributed by atoms with Crippen molar-refractivity contribution >= 4 is 0 Å². The molecule has 3 atom stereocenters. The number of hydrogen-bond donors (Lipinski definition) is 1. The summed E-state index contributed by atoms with van der Waals surface area (Å²) in [4.78, 5) is 5.01. The molecule has 0 aliphatic carbocycles. The molecule has 2 fully saturated rings. The number of nitrogens with zero attached hydrogens (tertiary/aromatic N) is 2. The van der Waals surface area contributed by atoms with E-state index in [9.17, 15) is 5.11 Å². The molecule has 0 amide bonds. The SMILES string of the molecule is COCC(O)CN1CC2CCCN2CC1C. The van der Waals surface area contributed by atoms with Crippen molar-refractivity contribution < 1.29 is 9.84 Å². The van der Waals surface area contributed by atoms with Crippen LogP contribution in [-0.4, -0.2) is 73.0 Å². The molecule has 0 radical (unpaired) electrons. The maximum absolute atomic E-state index is 9.78. The minimum Gasteiger partial charge on any atom is -0.389 e. The average molecular weight is 228 g/mol. The van der Waals surface area contributed by atoms with Crippen LogP contribution in [0.25, 0.3) is 0 Å². The second-order valence-electron chi connectivity index (χ2n) is 5.20. The van der Waals surface area contributed by atoms with Crippen LogP contribution in [0.5, 0.6) is 0 Å². The fourth-order valence-electron chi connectivity index (χ4n) is 3.02. The molecular formula is C12H24N2O2. The van der Waals surface area contributed by atoms with Crippen molar-refractivity contribution in [2.45, 2.75) is 38.0 Å². The predicted octanol–water partition coefficient (Wildman–Crippen LogP) is 0.162. The van der Waals surface area contributed by atoms with Crippen molar-refractivity contribution in [3.63, 3.8) is 0 Å². The van der Waals surface area contributed by atoms with Gasteiger partial charge in [-0.2, -0.15) is 0 Å². The zero-order chi connectivity index (χ0) is 11.5. The zero-order valence-corrected chi connectivity index (χ0v) is 10.4. The minimum atomic E-state index is -0.347. The summed E-state index contributed by atoms with van der Waals surface area (Å²) >= 11 is 0. The highest BCUT2D eigenvalue weighted by molar-refractivity contribution is 4.91. The predicted molar refractivity (Wildman–Crippen MR) is 63.5 cm³/mol. The number of fused-ring (bicyclic) bond motifs is 1. The molecule has 2 aliphatic heterocycles. The molecule has 2 rings (SSSR count). The third-order valence-corrected chi connectivity index (χ3v) is 3.87. The average Bonchev–Trinajstić information content (AvgIpc) is 2.65. The van der Waals surface area contributed by atoms with E-state index in [2.05, 4.69) is 16.7 Å². The lowest BCUT2D eigenvalue weighted by molar-refractivity contribution is -0.00362. The number of rotatable bonds is 4. The summed E-state index contributed by atoms with van der Waals surface area (Å²) < 4.78 is 4.98. The standard InChI is InChI=1S/C12H24N2O2/c1-10-6-13-5-3-4-11(13)7-14(10)8-12(15)9-16-2/h10-12,15H,3-9H2,1-2H3. The van der Waals surface area contributed by atoms with E-state index in [4.69, 9.17) is 4.74 Å². The van der Waals surface area contributed by atoms with E-state index in [1.807, 2.05) is 0 Å². The normalized spacial score (nSPS) is 33.9. The Kier molecular flexibility index (Phi) is 4.19. The Balaban J connectivity index is 1.84. The Hall–Kier alpha value is -0.160. The molecule has 4 heteroatoms. The van der Waals surface area contributed by atoms with Crippen molar-refractivity contribution in [2.24, 2.45) is 0 Å². The lowest BCUT2D eigenvalue weighted by Crippen LogP contribution is -2.56. The highest BCUT2D eigenvalue weighted by atomic mass is 16.5. The summed E-state index contributed by atoms with van der Waals surface area (Å²) in [6.45, 7) is 6.99. The highest BCUT2D eigenvalue weighted by Gasteiger charge is 2.34. The van der Waals surface area contributed by atoms with Crippen LogP contribution >= 0.6 is 0 Å². The van der Waals surface area contributed by atoms with E-state index in [-0.39, 0.29) is 6.10 Å². The molecular weight excluding hydrogens is 204 g/mol. The topological polar surface area (TPSA) is 35.9 Å². The number of ether oxygens (including phenoxy) is 1. The van der Waals surface area contributed by atoms with Gasteiger partial charge in [-0.1, -0.05) is 0 Å². The molecule has 0 spiro atoms. The molecule has 94 valence electrons. The lowest BCUT2D eigenvalue weighted by Gasteiger charge is -2.42. The minimum absolute atomic E-state index is 0.347. The fraction of sp³-hybridized carbons (Fsp3) is 1.00. The smallest absolute Gasteiger partial charge is 0.0900 e. The number of β-amino-alcohol motifs (C(OH)–C–C–N with tert-alkyl or cyclic N) is 1. The number of hydrogen-bond acceptors (Lipinski definition) is 4. The first-order chi connectivity index (χ1) is 7.70. The molecule has 0 aromatic rings. The second kappa shape index (κ2) is 5.45. The first-order valence-corrected chi connectivity index (χ1v) is 6.36. The Morgan fingerprint density at radius 2 is 2.25 bits per heavy atom. The van der Waals surface area contributed by atoms with Crippen LogP contribution in [0.15, 0.2) is 0 Å². The van der Waals surface area contributed by atoms with Crippen LogP contribution in [0.1, 0.15) is 19.8 Å². The van der Waals surface area contributed by atoms with Crippen LogP contribution in [0.4, 0.5) is 0 Å². The molecule has 2 heterocycles. The number of aliphatic hydroxyl groups is 1. The Labute approximate surface area is 98.2 Å². The van der Waals surface area contributed by atoms with Gasteiger partial charge in [0.15, 0.2) is 0 Å². The van der Waals surface area contributed by atoms with E-state index in [1.54, 1.807) is 7.11 Å². The second-order valence-corrected chi connectivity index (χ2v) is 5.20. The van der Waals surface area contributed by atoms with Gasteiger partial charge in [0.1, 0.15) is 0 Å². The van der Waals surface area contributed by atoms with Gasteiger partial charge >= 0.3 is 0 Å². The van der Waals surface area contributed by atoms with E-state index < -0.39 is 0 Å². The highest BCUT2D eigenvalue weighted by Crippen LogP contribution is 2.24. The van der Waals surface area contributed by atoms with Crippen molar-refractivity contribution in [2.75, 3.05) is 39.9 Å². The maximum Gasteiger partial charge on any atom is 0.0900 e. The number of methoxy groups -OCH3 is 1. The third kappa shape index (κ3) is 2.74. The molecule has 0 aromatic heterocycles. The molecule has 0 bridgehead atoms. The number of piperazine rings is 1. The molecule has 1 N–H and O–H groups in total. The van der Waals surface area contributed by atoms with Crippen molar-refractivity contribution in [1.29, 1.82) is 0 Å². The molecule has 16 heavy (non-hydrogen) atoms. The van der Waals surface area contributed by atoms with E-state index in [1.165, 1.54) is 19.4 Å². The van der Waals surface area contributed by atoms with Crippen LogP contribution in [0.2, 0.25) is 0 Å². The van der Waals surface area contributed by atoms with Gasteiger partial charge in [-0.25, -0.2) is 0 Å². The summed E-state index contributed by atoms with van der Waals surface area (Å²) in [7, 11) is 1.64. The summed E-state index contributed by atoms with van der Waals surface area (Å²) in [6.07, 6.45) is 2.32. The largest absolute Gasteiger partial charge is 0.389 e. The van der Waals surface area contributed by atoms with Gasteiger partial charge in [0.25, 0.3) is 0 Å². The maximum atomic E-state index is 9.78. The van der Waals surface area contributed by atoms with Gasteiger partial charge < -0.3 is 9.84 Å². The third-order valence-electron chi connectivity index (χ3n) is 3.87. The summed E-state index contributed by atoms with van der Waals surface area (Å²) in [5.74, 6) is 0. The summed E-state index contributed by atoms with van der Waals surface area (Å²) in [5, 5.41) is 9.78. The first kappa shape index (κ1) is 12.3. The van der Waals surface area contributed by atoms with Crippen LogP contribution in [0.3, 0.4) is 0 Å². The van der Waals surface area contributed by atoms with Crippen LogP contribution in [-0.2, 0) is 4.74 Å². The van der Waals surface area contributed by atoms with Gasteiger partial charge in [-0.05, 0) is 26.3 Å². The monoisotopic (exact) mass is 228 g/mol. The van der Waals surface area contributed by atoms with Crippen molar-refractivity contribution in [3.8, 4) is 0 Å². The van der Waals surface area contributed by atoms with Gasteiger partial charge in [-0.3, -0.25) is 9.80 Å². The number of aliphatic hydroxyl groups excluding tert-OH is 1. The van der Waals surface area contributed by atoms with Gasteiger partial charge in [-0.15, -0.1) is 0 Å². The van der Waals surface area contributed by atoms with Gasteiger partial charge in [0.05, 0.1) is 12.7 Å². The fourth-order valence-corrected chi connectivity index (χ4v) is 3.02. The van der Waals surface area contributed by atoms with Crippen molar-refractivity contribution in [1.82, 2.24) is 9.80 Å². The zero-order valence-electron chi connectivity index (χ0n) is 10.4. The molecule has 2 saturated heterocycles. The first-order valence-electron chi connectivity index (χ1n) is 6.36. The molecule has 0 saturated carbocycles. The molecule has 4 nitrogen and oxygen atoms in total.